The average Bonchev–Trinajstić information content (AvgIpc) is 1.72. The van der Waals surface area contributed by atoms with Gasteiger partial charge in [0.1, 0.15) is 12.9 Å². The summed E-state index contributed by atoms with van der Waals surface area (Å²) in [4.78, 5) is 17.4. The summed E-state index contributed by atoms with van der Waals surface area (Å²) in [5, 5.41) is 15.8. The molecule has 0 aliphatic heterocycles. The highest BCUT2D eigenvalue weighted by Gasteiger charge is 2.01. The molecule has 4 heteroatoms. The summed E-state index contributed by atoms with van der Waals surface area (Å²) in [6.45, 7) is 3.20. The van der Waals surface area contributed by atoms with E-state index in [0.717, 1.165) is 0 Å². The second-order valence-corrected chi connectivity index (χ2v) is 1.01. The zero-order valence-corrected chi connectivity index (χ0v) is 4.50. The first-order valence-electron chi connectivity index (χ1n) is 1.84. The van der Waals surface area contributed by atoms with E-state index >= 15 is 0 Å². The van der Waals surface area contributed by atoms with Crippen LogP contribution in [0.25, 0.3) is 0 Å². The van der Waals surface area contributed by atoms with Gasteiger partial charge in [-0.25, -0.2) is 4.79 Å². The molecule has 0 aromatic rings. The molecule has 2 N–H and O–H groups in total. The highest BCUT2D eigenvalue weighted by molar-refractivity contribution is 5.71. The zero-order valence-electron chi connectivity index (χ0n) is 4.50. The van der Waals surface area contributed by atoms with E-state index in [1.54, 1.807) is 0 Å². The first-order valence-corrected chi connectivity index (χ1v) is 1.84. The number of hydrogen-bond donors (Lipinski definition) is 2. The van der Waals surface area contributed by atoms with Crippen LogP contribution in [-0.2, 0) is 9.59 Å². The molecule has 0 heterocycles. The minimum Gasteiger partial charge on any atom is -0.479 e. The molecular formula is C4H8O4. The second-order valence-electron chi connectivity index (χ2n) is 1.01. The minimum absolute atomic E-state index is 1.19. The van der Waals surface area contributed by atoms with Crippen LogP contribution in [0.4, 0.5) is 0 Å². The van der Waals surface area contributed by atoms with E-state index in [0.29, 0.717) is 0 Å². The van der Waals surface area contributed by atoms with Gasteiger partial charge in [-0.1, -0.05) is 0 Å². The SMILES string of the molecule is C=O.C[C@H](O)C(=O)O. The quantitative estimate of drug-likeness (QED) is 0.478. The maximum Gasteiger partial charge on any atom is 0.332 e. The van der Waals surface area contributed by atoms with Crippen molar-refractivity contribution in [3.05, 3.63) is 0 Å². The molecular weight excluding hydrogens is 112 g/mol. The van der Waals surface area contributed by atoms with Crippen molar-refractivity contribution in [3.8, 4) is 0 Å². The largest absolute Gasteiger partial charge is 0.479 e. The molecule has 0 bridgehead atoms. The standard InChI is InChI=1S/C3H6O3.CH2O/c1-2(4)3(5)6;1-2/h2,4H,1H3,(H,5,6);1H2/t2-;/m0./s1. The lowest BCUT2D eigenvalue weighted by atomic mass is 10.4. The van der Waals surface area contributed by atoms with Crippen LogP contribution in [-0.4, -0.2) is 29.1 Å². The molecule has 0 aliphatic carbocycles. The van der Waals surface area contributed by atoms with Gasteiger partial charge < -0.3 is 15.0 Å². The second kappa shape index (κ2) is 6.10. The number of aliphatic hydroxyl groups excluding tert-OH is 1. The molecule has 48 valence electrons. The fraction of sp³-hybridized carbons (Fsp3) is 0.500. The monoisotopic (exact) mass is 120 g/mol. The number of aliphatic carboxylic acids is 1. The number of hydrogen-bond acceptors (Lipinski definition) is 3. The van der Waals surface area contributed by atoms with Gasteiger partial charge in [0.25, 0.3) is 0 Å². The summed E-state index contributed by atoms with van der Waals surface area (Å²) < 4.78 is 0. The first kappa shape index (κ1) is 10.2. The number of carboxylic acids is 1. The van der Waals surface area contributed by atoms with Gasteiger partial charge in [-0.05, 0) is 6.92 Å². The number of carbonyl (C=O) groups is 2. The maximum atomic E-state index is 9.45. The maximum absolute atomic E-state index is 9.45. The third-order valence-corrected chi connectivity index (χ3v) is 0.357. The van der Waals surface area contributed by atoms with Crippen molar-refractivity contribution in [1.29, 1.82) is 0 Å². The van der Waals surface area contributed by atoms with Crippen LogP contribution >= 0.6 is 0 Å². The molecule has 0 aromatic heterocycles. The van der Waals surface area contributed by atoms with E-state index in [1.807, 2.05) is 6.79 Å². The third-order valence-electron chi connectivity index (χ3n) is 0.357. The van der Waals surface area contributed by atoms with Gasteiger partial charge in [-0.2, -0.15) is 0 Å². The number of aliphatic hydroxyl groups is 1. The Morgan fingerprint density at radius 3 is 1.75 bits per heavy atom. The number of carbonyl (C=O) groups excluding carboxylic acids is 1. The smallest absolute Gasteiger partial charge is 0.332 e. The molecule has 0 saturated heterocycles. The van der Waals surface area contributed by atoms with E-state index in [2.05, 4.69) is 0 Å². The molecule has 0 fully saturated rings. The van der Waals surface area contributed by atoms with Crippen LogP contribution < -0.4 is 0 Å². The highest BCUT2D eigenvalue weighted by Crippen LogP contribution is 1.73. The fourth-order valence-corrected chi connectivity index (χ4v) is 0. The van der Waals surface area contributed by atoms with E-state index in [-0.39, 0.29) is 0 Å². The van der Waals surface area contributed by atoms with Gasteiger partial charge in [-0.15, -0.1) is 0 Å². The lowest BCUT2D eigenvalue weighted by molar-refractivity contribution is -0.145. The van der Waals surface area contributed by atoms with Crippen molar-refractivity contribution in [1.82, 2.24) is 0 Å². The Hall–Kier alpha value is -0.900. The van der Waals surface area contributed by atoms with Crippen molar-refractivity contribution in [2.45, 2.75) is 13.0 Å². The molecule has 0 radical (unpaired) electrons. The molecule has 0 saturated carbocycles. The Morgan fingerprint density at radius 1 is 1.62 bits per heavy atom. The van der Waals surface area contributed by atoms with E-state index in [4.69, 9.17) is 15.0 Å². The summed E-state index contributed by atoms with van der Waals surface area (Å²) in [6, 6.07) is 0. The molecule has 0 amide bonds. The topological polar surface area (TPSA) is 74.6 Å². The van der Waals surface area contributed by atoms with E-state index in [9.17, 15) is 4.79 Å². The van der Waals surface area contributed by atoms with Crippen LogP contribution in [0.3, 0.4) is 0 Å². The van der Waals surface area contributed by atoms with Gasteiger partial charge in [0, 0.05) is 0 Å². The Kier molecular flexibility index (Phi) is 7.74. The van der Waals surface area contributed by atoms with Crippen molar-refractivity contribution < 1.29 is 19.8 Å². The van der Waals surface area contributed by atoms with Crippen molar-refractivity contribution >= 4 is 12.8 Å². The van der Waals surface area contributed by atoms with Crippen LogP contribution in [0, 0.1) is 0 Å². The Morgan fingerprint density at radius 2 is 1.75 bits per heavy atom. The molecule has 0 aliphatic rings. The molecule has 0 unspecified atom stereocenters. The lowest BCUT2D eigenvalue weighted by Gasteiger charge is -1.89. The van der Waals surface area contributed by atoms with E-state index < -0.39 is 12.1 Å². The summed E-state index contributed by atoms with van der Waals surface area (Å²) in [5.74, 6) is -1.19. The van der Waals surface area contributed by atoms with Gasteiger partial charge >= 0.3 is 5.97 Å². The van der Waals surface area contributed by atoms with Crippen LogP contribution in [0.15, 0.2) is 0 Å². The lowest BCUT2D eigenvalue weighted by Crippen LogP contribution is -2.13. The number of carboxylic acid groups (broad SMARTS) is 1. The molecule has 0 aromatic carbocycles. The van der Waals surface area contributed by atoms with Crippen molar-refractivity contribution in [2.24, 2.45) is 0 Å². The minimum atomic E-state index is -1.23. The van der Waals surface area contributed by atoms with Crippen molar-refractivity contribution in [2.75, 3.05) is 0 Å². The van der Waals surface area contributed by atoms with Gasteiger partial charge in [0.2, 0.25) is 0 Å². The van der Waals surface area contributed by atoms with Crippen LogP contribution in [0.5, 0.6) is 0 Å². The average molecular weight is 120 g/mol. The first-order chi connectivity index (χ1) is 3.64. The predicted molar refractivity (Wildman–Crippen MR) is 26.4 cm³/mol. The molecule has 4 nitrogen and oxygen atoms in total. The predicted octanol–water partition coefficient (Wildman–Crippen LogP) is -0.733. The Labute approximate surface area is 46.8 Å². The third kappa shape index (κ3) is 8.92. The molecule has 8 heavy (non-hydrogen) atoms. The van der Waals surface area contributed by atoms with E-state index in [1.165, 1.54) is 6.92 Å². The Balaban J connectivity index is 0. The molecule has 1 atom stereocenters. The summed E-state index contributed by atoms with van der Waals surface area (Å²) >= 11 is 0. The summed E-state index contributed by atoms with van der Waals surface area (Å²) in [6.07, 6.45) is -1.23. The number of rotatable bonds is 1. The zero-order chi connectivity index (χ0) is 7.15. The summed E-state index contributed by atoms with van der Waals surface area (Å²) in [5.41, 5.74) is 0. The van der Waals surface area contributed by atoms with Crippen LogP contribution in [0.1, 0.15) is 6.92 Å². The van der Waals surface area contributed by atoms with Gasteiger partial charge in [-0.3, -0.25) is 0 Å². The van der Waals surface area contributed by atoms with Gasteiger partial charge in [0.15, 0.2) is 0 Å². The van der Waals surface area contributed by atoms with Gasteiger partial charge in [0.05, 0.1) is 0 Å². The van der Waals surface area contributed by atoms with Crippen LogP contribution in [0.2, 0.25) is 0 Å². The molecule has 0 rings (SSSR count). The van der Waals surface area contributed by atoms with Crippen molar-refractivity contribution in [3.63, 3.8) is 0 Å². The normalized spacial score (nSPS) is 10.8. The Bertz CT molecular complexity index is 68.4. The molecule has 0 spiro atoms. The highest BCUT2D eigenvalue weighted by atomic mass is 16.4. The fourth-order valence-electron chi connectivity index (χ4n) is 0. The summed E-state index contributed by atoms with van der Waals surface area (Å²) in [7, 11) is 0.